The molecule has 1 aliphatic heterocycles. The highest BCUT2D eigenvalue weighted by molar-refractivity contribution is 5.77. The Kier molecular flexibility index (Phi) is 7.38. The van der Waals surface area contributed by atoms with E-state index in [0.29, 0.717) is 49.3 Å². The summed E-state index contributed by atoms with van der Waals surface area (Å²) in [6.45, 7) is -0.608. The van der Waals surface area contributed by atoms with E-state index >= 15 is 0 Å². The van der Waals surface area contributed by atoms with E-state index in [9.17, 15) is 13.6 Å². The van der Waals surface area contributed by atoms with Crippen molar-refractivity contribution in [3.8, 4) is 34.4 Å². The number of ether oxygens (including phenoxy) is 2. The summed E-state index contributed by atoms with van der Waals surface area (Å²) in [7, 11) is 1.55. The van der Waals surface area contributed by atoms with Crippen molar-refractivity contribution >= 4 is 11.7 Å². The van der Waals surface area contributed by atoms with Gasteiger partial charge in [0.15, 0.2) is 11.6 Å². The number of halogens is 2. The van der Waals surface area contributed by atoms with Crippen molar-refractivity contribution in [1.29, 1.82) is 0 Å². The van der Waals surface area contributed by atoms with E-state index in [1.165, 1.54) is 18.5 Å². The fourth-order valence-corrected chi connectivity index (χ4v) is 4.19. The lowest BCUT2D eigenvalue weighted by Crippen LogP contribution is -2.50. The van der Waals surface area contributed by atoms with E-state index < -0.39 is 6.61 Å². The molecular weight excluding hydrogens is 496 g/mol. The number of hydrogen-bond donors (Lipinski definition) is 0. The zero-order valence-electron chi connectivity index (χ0n) is 20.6. The minimum absolute atomic E-state index is 0.00509. The summed E-state index contributed by atoms with van der Waals surface area (Å²) in [4.78, 5) is 30.2. The zero-order valence-corrected chi connectivity index (χ0v) is 20.6. The lowest BCUT2D eigenvalue weighted by molar-refractivity contribution is -0.132. The number of methoxy groups -OCH3 is 1. The topological polar surface area (TPSA) is 98.5 Å². The summed E-state index contributed by atoms with van der Waals surface area (Å²) < 4.78 is 36.2. The van der Waals surface area contributed by atoms with Crippen LogP contribution >= 0.6 is 0 Å². The van der Waals surface area contributed by atoms with Gasteiger partial charge in [0.1, 0.15) is 24.4 Å². The van der Waals surface area contributed by atoms with Gasteiger partial charge in [0.05, 0.1) is 7.11 Å². The molecule has 1 saturated heterocycles. The van der Waals surface area contributed by atoms with Gasteiger partial charge in [0, 0.05) is 43.4 Å². The minimum Gasteiger partial charge on any atom is -0.481 e. The number of alkyl halides is 2. The molecule has 3 heterocycles. The van der Waals surface area contributed by atoms with Crippen LogP contribution in [-0.4, -0.2) is 75.4 Å². The summed E-state index contributed by atoms with van der Waals surface area (Å²) in [5.74, 6) is 2.11. The molecule has 0 N–H and O–H groups in total. The van der Waals surface area contributed by atoms with Gasteiger partial charge in [0.25, 0.3) is 0 Å². The van der Waals surface area contributed by atoms with Gasteiger partial charge in [-0.1, -0.05) is 30.3 Å². The average Bonchev–Trinajstić information content (AvgIpc) is 3.37. The van der Waals surface area contributed by atoms with Crippen LogP contribution in [0.3, 0.4) is 0 Å². The molecule has 2 aromatic carbocycles. The molecule has 0 unspecified atom stereocenters. The predicted molar refractivity (Wildman–Crippen MR) is 135 cm³/mol. The largest absolute Gasteiger partial charge is 0.481 e. The first-order valence-corrected chi connectivity index (χ1v) is 11.9. The van der Waals surface area contributed by atoms with Gasteiger partial charge in [-0.05, 0) is 24.3 Å². The number of carbonyl (C=O) groups excluding carboxylic acids is 1. The summed E-state index contributed by atoms with van der Waals surface area (Å²) in [6, 6.07) is 17.3. The Morgan fingerprint density at radius 3 is 2.39 bits per heavy atom. The molecule has 1 amide bonds. The fraction of sp³-hybridized carbons (Fsp3) is 0.269. The molecule has 2 aromatic heterocycles. The normalized spacial score (nSPS) is 13.6. The standard InChI is InChI=1S/C26H25F2N7O3/c1-37-22-15-21(29-17-30-22)33-11-13-34(14-12-33)23(36)16-35-25(19-5-3-2-4-6-19)31-24(32-35)18-7-9-20(10-8-18)38-26(27)28/h2-10,15,17,26H,11-14,16H2,1H3. The van der Waals surface area contributed by atoms with Gasteiger partial charge in [-0.25, -0.2) is 19.6 Å². The Morgan fingerprint density at radius 1 is 0.974 bits per heavy atom. The number of rotatable bonds is 8. The van der Waals surface area contributed by atoms with Crippen LogP contribution in [-0.2, 0) is 11.3 Å². The molecule has 1 aliphatic rings. The number of carbonyl (C=O) groups is 1. The number of amides is 1. The molecule has 0 bridgehead atoms. The maximum Gasteiger partial charge on any atom is 0.387 e. The summed E-state index contributed by atoms with van der Waals surface area (Å²) in [6.07, 6.45) is 1.46. The van der Waals surface area contributed by atoms with E-state index in [2.05, 4.69) is 29.7 Å². The lowest BCUT2D eigenvalue weighted by atomic mass is 10.2. The van der Waals surface area contributed by atoms with E-state index in [0.717, 1.165) is 11.4 Å². The van der Waals surface area contributed by atoms with Gasteiger partial charge >= 0.3 is 6.61 Å². The minimum atomic E-state index is -2.90. The SMILES string of the molecule is COc1cc(N2CCN(C(=O)Cn3nc(-c4ccc(OC(F)F)cc4)nc3-c3ccccc3)CC2)ncn1. The smallest absolute Gasteiger partial charge is 0.387 e. The number of piperazine rings is 1. The number of anilines is 1. The van der Waals surface area contributed by atoms with Crippen molar-refractivity contribution in [3.63, 3.8) is 0 Å². The Balaban J connectivity index is 1.32. The van der Waals surface area contributed by atoms with Crippen molar-refractivity contribution in [1.82, 2.24) is 29.6 Å². The van der Waals surface area contributed by atoms with Crippen molar-refractivity contribution in [2.45, 2.75) is 13.2 Å². The summed E-state index contributed by atoms with van der Waals surface area (Å²) in [5.41, 5.74) is 1.42. The van der Waals surface area contributed by atoms with Crippen molar-refractivity contribution in [2.24, 2.45) is 0 Å². The van der Waals surface area contributed by atoms with E-state index in [-0.39, 0.29) is 18.2 Å². The fourth-order valence-electron chi connectivity index (χ4n) is 4.19. The molecule has 0 atom stereocenters. The van der Waals surface area contributed by atoms with Crippen LogP contribution < -0.4 is 14.4 Å². The highest BCUT2D eigenvalue weighted by Crippen LogP contribution is 2.25. The molecule has 0 radical (unpaired) electrons. The third-order valence-electron chi connectivity index (χ3n) is 6.12. The number of aromatic nitrogens is 5. The molecule has 5 rings (SSSR count). The molecule has 0 saturated carbocycles. The maximum atomic E-state index is 13.3. The van der Waals surface area contributed by atoms with Crippen LogP contribution in [0, 0.1) is 0 Å². The summed E-state index contributed by atoms with van der Waals surface area (Å²) in [5, 5.41) is 4.59. The second-order valence-corrected chi connectivity index (χ2v) is 8.47. The van der Waals surface area contributed by atoms with Crippen LogP contribution in [0.4, 0.5) is 14.6 Å². The number of benzene rings is 2. The molecule has 1 fully saturated rings. The first-order chi connectivity index (χ1) is 18.5. The Labute approximate surface area is 217 Å². The van der Waals surface area contributed by atoms with Crippen molar-refractivity contribution < 1.29 is 23.0 Å². The highest BCUT2D eigenvalue weighted by atomic mass is 19.3. The van der Waals surface area contributed by atoms with Crippen LogP contribution in [0.2, 0.25) is 0 Å². The van der Waals surface area contributed by atoms with Crippen LogP contribution in [0.5, 0.6) is 11.6 Å². The second kappa shape index (κ2) is 11.2. The van der Waals surface area contributed by atoms with E-state index in [1.54, 1.807) is 34.9 Å². The van der Waals surface area contributed by atoms with Gasteiger partial charge in [-0.15, -0.1) is 5.10 Å². The monoisotopic (exact) mass is 521 g/mol. The maximum absolute atomic E-state index is 13.3. The van der Waals surface area contributed by atoms with Crippen molar-refractivity contribution in [3.05, 3.63) is 67.0 Å². The third kappa shape index (κ3) is 5.69. The van der Waals surface area contributed by atoms with Gasteiger partial charge in [0.2, 0.25) is 11.8 Å². The first kappa shape index (κ1) is 25.1. The van der Waals surface area contributed by atoms with Crippen LogP contribution in [0.15, 0.2) is 67.0 Å². The quantitative estimate of drug-likeness (QED) is 0.348. The Morgan fingerprint density at radius 2 is 1.71 bits per heavy atom. The molecule has 12 heteroatoms. The van der Waals surface area contributed by atoms with Crippen LogP contribution in [0.25, 0.3) is 22.8 Å². The average molecular weight is 522 g/mol. The molecule has 10 nitrogen and oxygen atoms in total. The van der Waals surface area contributed by atoms with Gasteiger partial charge < -0.3 is 19.3 Å². The predicted octanol–water partition coefficient (Wildman–Crippen LogP) is 3.36. The lowest BCUT2D eigenvalue weighted by Gasteiger charge is -2.35. The van der Waals surface area contributed by atoms with E-state index in [1.807, 2.05) is 30.3 Å². The first-order valence-electron chi connectivity index (χ1n) is 11.9. The zero-order chi connectivity index (χ0) is 26.5. The second-order valence-electron chi connectivity index (χ2n) is 8.47. The van der Waals surface area contributed by atoms with Gasteiger partial charge in [-0.2, -0.15) is 8.78 Å². The molecule has 0 aliphatic carbocycles. The Bertz CT molecular complexity index is 1380. The van der Waals surface area contributed by atoms with Crippen molar-refractivity contribution in [2.75, 3.05) is 38.2 Å². The number of nitrogens with zero attached hydrogens (tertiary/aromatic N) is 7. The molecule has 38 heavy (non-hydrogen) atoms. The summed E-state index contributed by atoms with van der Waals surface area (Å²) >= 11 is 0. The Hall–Kier alpha value is -4.61. The van der Waals surface area contributed by atoms with E-state index in [4.69, 9.17) is 4.74 Å². The number of hydrogen-bond acceptors (Lipinski definition) is 8. The highest BCUT2D eigenvalue weighted by Gasteiger charge is 2.24. The molecule has 196 valence electrons. The van der Waals surface area contributed by atoms with Crippen LogP contribution in [0.1, 0.15) is 0 Å². The third-order valence-corrected chi connectivity index (χ3v) is 6.12. The molecule has 4 aromatic rings. The molecule has 0 spiro atoms. The molecular formula is C26H25F2N7O3. The van der Waals surface area contributed by atoms with Gasteiger partial charge in [-0.3, -0.25) is 4.79 Å².